The van der Waals surface area contributed by atoms with E-state index in [-0.39, 0.29) is 12.0 Å². The van der Waals surface area contributed by atoms with Crippen LogP contribution in [0.5, 0.6) is 5.75 Å². The number of carbonyl (C=O) groups is 1. The van der Waals surface area contributed by atoms with Crippen molar-refractivity contribution in [1.29, 1.82) is 0 Å². The van der Waals surface area contributed by atoms with Crippen LogP contribution in [0.25, 0.3) is 32.8 Å². The van der Waals surface area contributed by atoms with Crippen molar-refractivity contribution in [3.05, 3.63) is 93.7 Å². The van der Waals surface area contributed by atoms with Crippen LogP contribution in [0.15, 0.2) is 59.5 Å². The van der Waals surface area contributed by atoms with Crippen LogP contribution in [-0.4, -0.2) is 44.2 Å². The fraction of sp³-hybridized carbons (Fsp3) is 0.324. The van der Waals surface area contributed by atoms with E-state index in [9.17, 15) is 4.79 Å². The lowest BCUT2D eigenvalue weighted by Crippen LogP contribution is -2.11. The monoisotopic (exact) mass is 699 g/mol. The molecule has 0 spiro atoms. The van der Waals surface area contributed by atoms with Crippen molar-refractivity contribution in [1.82, 2.24) is 24.5 Å². The highest BCUT2D eigenvalue weighted by molar-refractivity contribution is 7.98. The smallest absolute Gasteiger partial charge is 0.354 e. The number of hydrogen-bond acceptors (Lipinski definition) is 7. The van der Waals surface area contributed by atoms with E-state index in [1.54, 1.807) is 23.5 Å². The number of fused-ring (bicyclic) bond motifs is 8. The van der Waals surface area contributed by atoms with Crippen molar-refractivity contribution >= 4 is 62.8 Å². The van der Waals surface area contributed by atoms with Gasteiger partial charge in [0.1, 0.15) is 11.4 Å². The topological polar surface area (TPSA) is 87.0 Å². The largest absolute Gasteiger partial charge is 0.493 e. The highest BCUT2D eigenvalue weighted by Gasteiger charge is 2.27. The van der Waals surface area contributed by atoms with E-state index >= 15 is 0 Å². The molecule has 4 heterocycles. The minimum Gasteiger partial charge on any atom is -0.493 e. The predicted octanol–water partition coefficient (Wildman–Crippen LogP) is 9.30. The number of hydrogen-bond donors (Lipinski definition) is 1. The zero-order chi connectivity index (χ0) is 33.5. The molecular formula is C37H38ClN5O3S2. The molecule has 1 N–H and O–H groups in total. The maximum atomic E-state index is 13.3. The number of nitrogens with zero attached hydrogens (tertiary/aromatic N) is 4. The number of H-pyrrole nitrogens is 1. The van der Waals surface area contributed by atoms with E-state index in [0.29, 0.717) is 35.9 Å². The second kappa shape index (κ2) is 13.6. The van der Waals surface area contributed by atoms with Crippen molar-refractivity contribution < 1.29 is 14.3 Å². The summed E-state index contributed by atoms with van der Waals surface area (Å²) in [4.78, 5) is 14.4. The minimum atomic E-state index is -0.378. The molecule has 3 aromatic heterocycles. The molecule has 248 valence electrons. The van der Waals surface area contributed by atoms with Crippen LogP contribution in [0.1, 0.15) is 65.1 Å². The molecule has 6 aromatic rings. The number of thioether (sulfide) groups is 2. The standard InChI is InChI=1S/C37H38ClN5O3S2/c1-21(2)43-25-16-24(41-43)18-47-20-31-33(22(3)39-40-31)34-30(38)13-12-29-28(36(37(44)45-5)42(4)35(29)34)11-8-14-46-32-17-26(48-19-25)15-23-9-6-7-10-27(23)32/h6-7,9-10,12-13,15-17,21H,8,11,14,18-20H2,1-5H3,(H,39,40). The number of nitrogens with one attached hydrogen (secondary N) is 1. The second-order valence-corrected chi connectivity index (χ2v) is 14.8. The quantitative estimate of drug-likeness (QED) is 0.180. The number of aromatic nitrogens is 5. The summed E-state index contributed by atoms with van der Waals surface area (Å²) in [7, 11) is 3.34. The van der Waals surface area contributed by atoms with E-state index in [4.69, 9.17) is 31.3 Å². The molecule has 48 heavy (non-hydrogen) atoms. The number of halogens is 1. The Kier molecular flexibility index (Phi) is 9.24. The number of esters is 1. The minimum absolute atomic E-state index is 0.244. The molecule has 0 aliphatic carbocycles. The Morgan fingerprint density at radius 3 is 2.71 bits per heavy atom. The fourth-order valence-corrected chi connectivity index (χ4v) is 8.80. The summed E-state index contributed by atoms with van der Waals surface area (Å²) >= 11 is 10.6. The maximum absolute atomic E-state index is 13.3. The van der Waals surface area contributed by atoms with Gasteiger partial charge in [0.2, 0.25) is 0 Å². The third kappa shape index (κ3) is 5.99. The van der Waals surface area contributed by atoms with Crippen molar-refractivity contribution in [2.45, 2.75) is 61.8 Å². The molecule has 0 saturated heterocycles. The van der Waals surface area contributed by atoms with E-state index in [1.165, 1.54) is 12.8 Å². The number of methoxy groups -OCH3 is 1. The SMILES string of the molecule is COC(=O)c1c2c3ccc(Cl)c(c3n1C)-c1c(n[nH]c1C)CSCc1cc(n(C(C)C)n1)CSc1cc(c3ccccc3c1)OCCC2. The Labute approximate surface area is 293 Å². The van der Waals surface area contributed by atoms with E-state index in [1.807, 2.05) is 36.7 Å². The molecule has 0 amide bonds. The third-order valence-corrected chi connectivity index (χ3v) is 11.2. The molecule has 0 radical (unpaired) electrons. The van der Waals surface area contributed by atoms with Gasteiger partial charge in [-0.3, -0.25) is 9.78 Å². The van der Waals surface area contributed by atoms with Crippen molar-refractivity contribution in [3.8, 4) is 16.9 Å². The zero-order valence-corrected chi connectivity index (χ0v) is 30.1. The lowest BCUT2D eigenvalue weighted by molar-refractivity contribution is 0.0589. The van der Waals surface area contributed by atoms with Gasteiger partial charge in [-0.25, -0.2) is 4.79 Å². The molecule has 0 unspecified atom stereocenters. The lowest BCUT2D eigenvalue weighted by atomic mass is 9.98. The van der Waals surface area contributed by atoms with Gasteiger partial charge in [0.15, 0.2) is 0 Å². The number of benzene rings is 3. The molecule has 7 rings (SSSR count). The Balaban J connectivity index is 1.36. The van der Waals surface area contributed by atoms with Gasteiger partial charge < -0.3 is 14.0 Å². The summed E-state index contributed by atoms with van der Waals surface area (Å²) in [5, 5.41) is 16.7. The molecule has 8 nitrogen and oxygen atoms in total. The Hall–Kier alpha value is -3.86. The van der Waals surface area contributed by atoms with Crippen molar-refractivity contribution in [2.75, 3.05) is 13.7 Å². The summed E-state index contributed by atoms with van der Waals surface area (Å²) in [6.45, 7) is 6.85. The van der Waals surface area contributed by atoms with Gasteiger partial charge >= 0.3 is 5.97 Å². The van der Waals surface area contributed by atoms with E-state index in [0.717, 1.165) is 77.6 Å². The first-order valence-corrected chi connectivity index (χ1v) is 18.6. The molecule has 1 aliphatic heterocycles. The van der Waals surface area contributed by atoms with Gasteiger partial charge in [0.05, 0.1) is 35.6 Å². The first-order valence-electron chi connectivity index (χ1n) is 16.1. The summed E-state index contributed by atoms with van der Waals surface area (Å²) in [6.07, 6.45) is 1.33. The average Bonchev–Trinajstić information content (AvgIpc) is 3.74. The van der Waals surface area contributed by atoms with Gasteiger partial charge in [0.25, 0.3) is 0 Å². The van der Waals surface area contributed by atoms with Gasteiger partial charge in [-0.15, -0.1) is 23.5 Å². The highest BCUT2D eigenvalue weighted by atomic mass is 35.5. The summed E-state index contributed by atoms with van der Waals surface area (Å²) < 4.78 is 15.9. The number of aromatic amines is 1. The Bertz CT molecular complexity index is 2170. The highest BCUT2D eigenvalue weighted by Crippen LogP contribution is 2.42. The summed E-state index contributed by atoms with van der Waals surface area (Å²) in [6, 6.07) is 19.2. The Morgan fingerprint density at radius 2 is 1.90 bits per heavy atom. The second-order valence-electron chi connectivity index (χ2n) is 12.4. The van der Waals surface area contributed by atoms with Crippen LogP contribution in [0.4, 0.5) is 0 Å². The molecule has 8 bridgehead atoms. The van der Waals surface area contributed by atoms with Crippen LogP contribution in [0, 0.1) is 6.92 Å². The van der Waals surface area contributed by atoms with Crippen molar-refractivity contribution in [3.63, 3.8) is 0 Å². The number of ether oxygens (including phenoxy) is 2. The normalized spacial score (nSPS) is 14.2. The van der Waals surface area contributed by atoms with Gasteiger partial charge in [-0.05, 0) is 68.8 Å². The summed E-state index contributed by atoms with van der Waals surface area (Å²) in [5.41, 5.74) is 8.24. The number of aryl methyl sites for hydroxylation is 3. The zero-order valence-electron chi connectivity index (χ0n) is 27.7. The van der Waals surface area contributed by atoms with E-state index in [2.05, 4.69) is 60.0 Å². The van der Waals surface area contributed by atoms with Gasteiger partial charge in [0, 0.05) is 68.5 Å². The third-order valence-electron chi connectivity index (χ3n) is 8.91. The maximum Gasteiger partial charge on any atom is 0.354 e. The van der Waals surface area contributed by atoms with Crippen LogP contribution in [0.2, 0.25) is 5.02 Å². The predicted molar refractivity (Wildman–Crippen MR) is 197 cm³/mol. The molecular weight excluding hydrogens is 662 g/mol. The molecule has 1 aliphatic rings. The lowest BCUT2D eigenvalue weighted by Gasteiger charge is -2.14. The summed E-state index contributed by atoms with van der Waals surface area (Å²) in [5.74, 6) is 2.69. The number of rotatable bonds is 2. The number of carbonyl (C=O) groups excluding carboxylic acids is 1. The van der Waals surface area contributed by atoms with E-state index < -0.39 is 0 Å². The average molecular weight is 700 g/mol. The molecule has 0 atom stereocenters. The van der Waals surface area contributed by atoms with Crippen LogP contribution in [0.3, 0.4) is 0 Å². The molecule has 3 aromatic carbocycles. The van der Waals surface area contributed by atoms with Gasteiger partial charge in [-0.1, -0.05) is 41.9 Å². The van der Waals surface area contributed by atoms with Gasteiger partial charge in [-0.2, -0.15) is 10.2 Å². The molecule has 0 saturated carbocycles. The first-order chi connectivity index (χ1) is 23.2. The first kappa shape index (κ1) is 32.7. The van der Waals surface area contributed by atoms with Crippen LogP contribution in [-0.2, 0) is 35.5 Å². The Morgan fingerprint density at radius 1 is 1.06 bits per heavy atom. The van der Waals surface area contributed by atoms with Crippen LogP contribution < -0.4 is 4.74 Å². The van der Waals surface area contributed by atoms with Crippen molar-refractivity contribution in [2.24, 2.45) is 7.05 Å². The molecule has 11 heteroatoms. The van der Waals surface area contributed by atoms with Crippen LogP contribution >= 0.6 is 35.1 Å². The molecule has 0 fully saturated rings. The fourth-order valence-electron chi connectivity index (χ4n) is 6.77.